The first kappa shape index (κ1) is 38.6. The Labute approximate surface area is 327 Å². The standard InChI is InChI=1S/C42H52N8O6/c1-24(2)35(48-40(53)55-6)39(52)49-21-7-8-33(49)36-43-22-31(45-36)27-13-9-25(10-14-27)26-11-15-28(16-12-26)32-23-44-37(46-32)34-20-18-29-17-19-30(38(51)50(29)34)47-41(54)56-42(3,4)5/h9-16,22-24,29-30,33-35H,7-8,17-21H2,1-6H3,(H,43,45)(H,44,46)(H,47,54)(H,48,53)/t29-,30-,33-,34-,35-/m0/s1. The number of nitrogens with one attached hydrogen (secondary N) is 4. The van der Waals surface area contributed by atoms with E-state index in [-0.39, 0.29) is 35.9 Å². The minimum Gasteiger partial charge on any atom is -0.453 e. The molecule has 3 saturated heterocycles. The van der Waals surface area contributed by atoms with Crippen LogP contribution in [0.4, 0.5) is 9.59 Å². The van der Waals surface area contributed by atoms with Crippen LogP contribution in [-0.2, 0) is 19.1 Å². The van der Waals surface area contributed by atoms with Crippen LogP contribution in [0.2, 0.25) is 0 Å². The van der Waals surface area contributed by atoms with Crippen molar-refractivity contribution in [2.45, 2.75) is 109 Å². The molecule has 5 atom stereocenters. The summed E-state index contributed by atoms with van der Waals surface area (Å²) in [6, 6.07) is 15.0. The van der Waals surface area contributed by atoms with Crippen molar-refractivity contribution < 1.29 is 28.7 Å². The number of nitrogens with zero attached hydrogens (tertiary/aromatic N) is 4. The number of H-pyrrole nitrogens is 2. The van der Waals surface area contributed by atoms with Crippen molar-refractivity contribution >= 4 is 24.0 Å². The predicted octanol–water partition coefficient (Wildman–Crippen LogP) is 6.90. The Bertz CT molecular complexity index is 2050. The lowest BCUT2D eigenvalue weighted by Gasteiger charge is -2.37. The van der Waals surface area contributed by atoms with Crippen LogP contribution >= 0.6 is 0 Å². The van der Waals surface area contributed by atoms with E-state index in [4.69, 9.17) is 14.5 Å². The van der Waals surface area contributed by atoms with Crippen LogP contribution in [0.1, 0.15) is 96.9 Å². The van der Waals surface area contributed by atoms with Crippen LogP contribution in [0.5, 0.6) is 0 Å². The molecular formula is C42H52N8O6. The molecule has 4 N–H and O–H groups in total. The zero-order chi connectivity index (χ0) is 39.7. The quantitative estimate of drug-likeness (QED) is 0.142. The number of fused-ring (bicyclic) bond motifs is 1. The van der Waals surface area contributed by atoms with Gasteiger partial charge in [-0.3, -0.25) is 9.59 Å². The van der Waals surface area contributed by atoms with E-state index in [1.54, 1.807) is 27.0 Å². The molecule has 7 rings (SSSR count). The summed E-state index contributed by atoms with van der Waals surface area (Å²) in [6.07, 6.45) is 7.18. The molecule has 3 aliphatic rings. The molecule has 0 spiro atoms. The van der Waals surface area contributed by atoms with Gasteiger partial charge in [0.2, 0.25) is 11.8 Å². The summed E-state index contributed by atoms with van der Waals surface area (Å²) in [5.41, 5.74) is 5.17. The molecule has 4 aromatic rings. The number of hydrogen-bond acceptors (Lipinski definition) is 8. The number of likely N-dealkylation sites (tertiary alicyclic amines) is 1. The van der Waals surface area contributed by atoms with E-state index in [1.165, 1.54) is 7.11 Å². The third-order valence-electron chi connectivity index (χ3n) is 11.0. The van der Waals surface area contributed by atoms with Gasteiger partial charge < -0.3 is 39.9 Å². The van der Waals surface area contributed by atoms with Gasteiger partial charge in [-0.1, -0.05) is 62.4 Å². The largest absolute Gasteiger partial charge is 0.453 e. The fourth-order valence-corrected chi connectivity index (χ4v) is 8.20. The van der Waals surface area contributed by atoms with Crippen molar-refractivity contribution in [3.8, 4) is 33.6 Å². The molecule has 14 nitrogen and oxygen atoms in total. The molecule has 5 heterocycles. The van der Waals surface area contributed by atoms with Crippen molar-refractivity contribution in [2.75, 3.05) is 13.7 Å². The van der Waals surface area contributed by atoms with Gasteiger partial charge in [-0.05, 0) is 87.5 Å². The van der Waals surface area contributed by atoms with Crippen molar-refractivity contribution in [1.29, 1.82) is 0 Å². The van der Waals surface area contributed by atoms with Crippen LogP contribution in [0.3, 0.4) is 0 Å². The van der Waals surface area contributed by atoms with Crippen LogP contribution in [-0.4, -0.2) is 91.1 Å². The fraction of sp³-hybridized carbons (Fsp3) is 0.476. The topological polar surface area (TPSA) is 175 Å². The monoisotopic (exact) mass is 764 g/mol. The number of carbonyl (C=O) groups is 4. The summed E-state index contributed by atoms with van der Waals surface area (Å²) < 4.78 is 10.2. The van der Waals surface area contributed by atoms with Gasteiger partial charge in [-0.2, -0.15) is 0 Å². The number of rotatable bonds is 9. The summed E-state index contributed by atoms with van der Waals surface area (Å²) in [4.78, 5) is 71.5. The Hall–Kier alpha value is -5.66. The number of carbonyl (C=O) groups excluding carboxylic acids is 4. The maximum Gasteiger partial charge on any atom is 0.408 e. The highest BCUT2D eigenvalue weighted by molar-refractivity contribution is 5.88. The molecule has 4 amide bonds. The number of alkyl carbamates (subject to hydrolysis) is 2. The Morgan fingerprint density at radius 3 is 1.89 bits per heavy atom. The van der Waals surface area contributed by atoms with E-state index in [0.29, 0.717) is 13.0 Å². The molecule has 0 unspecified atom stereocenters. The van der Waals surface area contributed by atoms with E-state index >= 15 is 0 Å². The highest BCUT2D eigenvalue weighted by Gasteiger charge is 2.45. The van der Waals surface area contributed by atoms with E-state index in [0.717, 1.165) is 77.4 Å². The highest BCUT2D eigenvalue weighted by Crippen LogP contribution is 2.41. The normalized spacial score (nSPS) is 21.5. The Kier molecular flexibility index (Phi) is 10.9. The van der Waals surface area contributed by atoms with Gasteiger partial charge in [0.15, 0.2) is 0 Å². The van der Waals surface area contributed by atoms with Gasteiger partial charge in [-0.15, -0.1) is 0 Å². The minimum absolute atomic E-state index is 0.0884. The second-order valence-electron chi connectivity index (χ2n) is 16.3. The lowest BCUT2D eigenvalue weighted by atomic mass is 9.98. The average molecular weight is 765 g/mol. The van der Waals surface area contributed by atoms with Gasteiger partial charge >= 0.3 is 12.2 Å². The van der Waals surface area contributed by atoms with E-state index in [1.807, 2.05) is 29.8 Å². The first-order valence-electron chi connectivity index (χ1n) is 19.6. The lowest BCUT2D eigenvalue weighted by Crippen LogP contribution is -2.55. The molecule has 0 bridgehead atoms. The number of hydrogen-bond donors (Lipinski definition) is 4. The van der Waals surface area contributed by atoms with Gasteiger partial charge in [0.25, 0.3) is 0 Å². The summed E-state index contributed by atoms with van der Waals surface area (Å²) in [5.74, 6) is 1.14. The molecule has 0 aliphatic carbocycles. The third-order valence-corrected chi connectivity index (χ3v) is 11.0. The third kappa shape index (κ3) is 8.14. The number of aromatic nitrogens is 4. The van der Waals surface area contributed by atoms with E-state index in [2.05, 4.69) is 74.1 Å². The second kappa shape index (κ2) is 15.8. The van der Waals surface area contributed by atoms with Gasteiger partial charge in [0.1, 0.15) is 29.3 Å². The zero-order valence-electron chi connectivity index (χ0n) is 32.9. The molecular weight excluding hydrogens is 713 g/mol. The summed E-state index contributed by atoms with van der Waals surface area (Å²) in [7, 11) is 1.29. The van der Waals surface area contributed by atoms with E-state index < -0.39 is 29.9 Å². The SMILES string of the molecule is COC(=O)N[C@H](C(=O)N1CCC[C@H]1c1ncc(-c2ccc(-c3ccc(-c4cnc([C@@H]5CC[C@@H]6CC[C@H](NC(=O)OC(C)(C)C)C(=O)N65)[nH]4)cc3)cc2)[nH]1)C(C)C. The molecule has 0 saturated carbocycles. The van der Waals surface area contributed by atoms with Crippen molar-refractivity contribution in [3.63, 3.8) is 0 Å². The van der Waals surface area contributed by atoms with Crippen molar-refractivity contribution in [1.82, 2.24) is 40.4 Å². The maximum absolute atomic E-state index is 13.6. The lowest BCUT2D eigenvalue weighted by molar-refractivity contribution is -0.140. The Morgan fingerprint density at radius 2 is 1.34 bits per heavy atom. The first-order valence-corrected chi connectivity index (χ1v) is 19.6. The molecule has 14 heteroatoms. The number of piperidine rings is 1. The minimum atomic E-state index is -0.687. The Morgan fingerprint density at radius 1 is 0.786 bits per heavy atom. The number of ether oxygens (including phenoxy) is 2. The molecule has 2 aromatic carbocycles. The van der Waals surface area contributed by atoms with Crippen molar-refractivity contribution in [3.05, 3.63) is 72.6 Å². The first-order chi connectivity index (χ1) is 26.8. The molecule has 2 aromatic heterocycles. The highest BCUT2D eigenvalue weighted by atomic mass is 16.6. The van der Waals surface area contributed by atoms with Gasteiger partial charge in [-0.25, -0.2) is 19.6 Å². The Balaban J connectivity index is 0.988. The summed E-state index contributed by atoms with van der Waals surface area (Å²) in [5, 5.41) is 5.48. The van der Waals surface area contributed by atoms with Crippen molar-refractivity contribution in [2.24, 2.45) is 5.92 Å². The molecule has 56 heavy (non-hydrogen) atoms. The average Bonchev–Trinajstić information content (AvgIpc) is 4.00. The second-order valence-corrected chi connectivity index (χ2v) is 16.3. The number of imidazole rings is 2. The van der Waals surface area contributed by atoms with Crippen LogP contribution < -0.4 is 10.6 Å². The van der Waals surface area contributed by atoms with Crippen LogP contribution in [0.15, 0.2) is 60.9 Å². The summed E-state index contributed by atoms with van der Waals surface area (Å²) >= 11 is 0. The van der Waals surface area contributed by atoms with Crippen LogP contribution in [0, 0.1) is 5.92 Å². The smallest absolute Gasteiger partial charge is 0.408 e. The number of amides is 4. The fourth-order valence-electron chi connectivity index (χ4n) is 8.20. The zero-order valence-corrected chi connectivity index (χ0v) is 32.9. The molecule has 3 fully saturated rings. The maximum atomic E-state index is 13.6. The number of aromatic amines is 2. The molecule has 3 aliphatic heterocycles. The van der Waals surface area contributed by atoms with E-state index in [9.17, 15) is 19.2 Å². The van der Waals surface area contributed by atoms with Gasteiger partial charge in [0.05, 0.1) is 43.0 Å². The predicted molar refractivity (Wildman–Crippen MR) is 210 cm³/mol. The van der Waals surface area contributed by atoms with Crippen LogP contribution in [0.25, 0.3) is 33.6 Å². The molecule has 0 radical (unpaired) electrons. The number of benzene rings is 2. The summed E-state index contributed by atoms with van der Waals surface area (Å²) in [6.45, 7) is 9.80. The number of methoxy groups -OCH3 is 1. The van der Waals surface area contributed by atoms with Gasteiger partial charge in [0, 0.05) is 12.6 Å². The molecule has 296 valence electrons.